The Hall–Kier alpha value is 0.660. The average molecular weight is 273 g/mol. The van der Waals surface area contributed by atoms with Gasteiger partial charge in [0.2, 0.25) is 0 Å². The third-order valence-corrected chi connectivity index (χ3v) is 1.28. The molecule has 0 saturated carbocycles. The minimum Gasteiger partial charge on any atom is -1.00 e. The van der Waals surface area contributed by atoms with Gasteiger partial charge in [-0.2, -0.15) is 0 Å². The van der Waals surface area contributed by atoms with Crippen LogP contribution in [0.2, 0.25) is 0 Å². The number of allylic oxidation sites excluding steroid dienone is 1. The molecule has 0 aromatic carbocycles. The van der Waals surface area contributed by atoms with E-state index in [0.29, 0.717) is 0 Å². The Kier molecular flexibility index (Phi) is 8.46. The molecule has 0 fully saturated rings. The van der Waals surface area contributed by atoms with Crippen molar-refractivity contribution in [2.45, 2.75) is 0 Å². The second-order valence-electron chi connectivity index (χ2n) is 3.10. The summed E-state index contributed by atoms with van der Waals surface area (Å²) < 4.78 is 1.00. The van der Waals surface area contributed by atoms with E-state index in [4.69, 9.17) is 0 Å². The van der Waals surface area contributed by atoms with Gasteiger partial charge in [-0.05, 0) is 6.08 Å². The largest absolute Gasteiger partial charge is 1.00 e. The molecule has 0 N–H and O–H groups in total. The summed E-state index contributed by atoms with van der Waals surface area (Å²) in [5.74, 6) is 0. The summed E-state index contributed by atoms with van der Waals surface area (Å²) in [7, 11) is 6.54. The van der Waals surface area contributed by atoms with Crippen LogP contribution in [0.5, 0.6) is 0 Å². The molecule has 62 valence electrons. The summed E-state index contributed by atoms with van der Waals surface area (Å²) in [6.07, 6.45) is 4.32. The maximum absolute atomic E-state index is 3.32. The Labute approximate surface area is 82.6 Å². The lowest BCUT2D eigenvalue weighted by molar-refractivity contribution is -0.864. The Bertz CT molecular complexity index is 94.3. The molecule has 0 radical (unpaired) electrons. The summed E-state index contributed by atoms with van der Waals surface area (Å²) in [5.41, 5.74) is 0. The summed E-state index contributed by atoms with van der Waals surface area (Å²) in [6.45, 7) is 1.10. The zero-order valence-electron chi connectivity index (χ0n) is 6.77. The van der Waals surface area contributed by atoms with E-state index in [1.165, 1.54) is 0 Å². The quantitative estimate of drug-likeness (QED) is 0.339. The van der Waals surface area contributed by atoms with Crippen LogP contribution < -0.4 is 17.0 Å². The third kappa shape index (κ3) is 11.5. The molecule has 0 rings (SSSR count). The fourth-order valence-corrected chi connectivity index (χ4v) is 0.718. The van der Waals surface area contributed by atoms with Crippen LogP contribution in [0.3, 0.4) is 0 Å². The minimum absolute atomic E-state index is 0. The van der Waals surface area contributed by atoms with E-state index in [2.05, 4.69) is 49.2 Å². The van der Waals surface area contributed by atoms with E-state index in [9.17, 15) is 0 Å². The van der Waals surface area contributed by atoms with Gasteiger partial charge in [0.25, 0.3) is 0 Å². The highest BCUT2D eigenvalue weighted by molar-refractivity contribution is 9.09. The molecule has 0 heterocycles. The van der Waals surface area contributed by atoms with Crippen LogP contribution in [0.4, 0.5) is 0 Å². The van der Waals surface area contributed by atoms with Crippen molar-refractivity contribution in [2.24, 2.45) is 0 Å². The molecule has 10 heavy (non-hydrogen) atoms. The van der Waals surface area contributed by atoms with E-state index >= 15 is 0 Å². The Morgan fingerprint density at radius 2 is 1.70 bits per heavy atom. The fraction of sp³-hybridized carbons (Fsp3) is 0.714. The summed E-state index contributed by atoms with van der Waals surface area (Å²) >= 11 is 3.32. The summed E-state index contributed by atoms with van der Waals surface area (Å²) in [4.78, 5) is 0. The van der Waals surface area contributed by atoms with Gasteiger partial charge in [-0.1, -0.05) is 22.0 Å². The van der Waals surface area contributed by atoms with Crippen LogP contribution >= 0.6 is 15.9 Å². The maximum atomic E-state index is 3.32. The van der Waals surface area contributed by atoms with E-state index < -0.39 is 0 Å². The van der Waals surface area contributed by atoms with Crippen molar-refractivity contribution in [1.29, 1.82) is 0 Å². The minimum atomic E-state index is 0. The second kappa shape index (κ2) is 6.38. The van der Waals surface area contributed by atoms with Crippen LogP contribution in [0.15, 0.2) is 12.2 Å². The Balaban J connectivity index is 0. The predicted molar refractivity (Wildman–Crippen MR) is 45.8 cm³/mol. The first kappa shape index (κ1) is 13.3. The lowest BCUT2D eigenvalue weighted by Crippen LogP contribution is -3.00. The number of likely N-dealkylation sites (N-methyl/N-ethyl adjacent to an activating group) is 1. The molecule has 0 aliphatic rings. The van der Waals surface area contributed by atoms with E-state index in [1.807, 2.05) is 0 Å². The van der Waals surface area contributed by atoms with Crippen LogP contribution in [0.25, 0.3) is 0 Å². The number of alkyl halides is 1. The smallest absolute Gasteiger partial charge is 0.0967 e. The lowest BCUT2D eigenvalue weighted by atomic mass is 10.4. The molecule has 0 aromatic heterocycles. The van der Waals surface area contributed by atoms with Crippen LogP contribution in [-0.4, -0.2) is 37.5 Å². The zero-order valence-corrected chi connectivity index (χ0v) is 9.94. The van der Waals surface area contributed by atoms with Gasteiger partial charge in [0.1, 0.15) is 0 Å². The molecule has 0 atom stereocenters. The number of nitrogens with zero attached hydrogens (tertiary/aromatic N) is 1. The number of hydrogen-bond donors (Lipinski definition) is 0. The van der Waals surface area contributed by atoms with E-state index in [0.717, 1.165) is 16.4 Å². The normalized spacial score (nSPS) is 11.6. The van der Waals surface area contributed by atoms with Crippen molar-refractivity contribution < 1.29 is 21.5 Å². The van der Waals surface area contributed by atoms with Gasteiger partial charge < -0.3 is 21.5 Å². The molecular weight excluding hydrogens is 258 g/mol. The van der Waals surface area contributed by atoms with Crippen molar-refractivity contribution in [3.63, 3.8) is 0 Å². The maximum Gasteiger partial charge on any atom is 0.0967 e. The summed E-state index contributed by atoms with van der Waals surface area (Å²) in [6, 6.07) is 0. The average Bonchev–Trinajstić information content (AvgIpc) is 1.63. The van der Waals surface area contributed by atoms with E-state index in [-0.39, 0.29) is 17.0 Å². The standard InChI is InChI=1S/C7H15BrN.BrH/c1-9(2,3)7-5-4-6-8;/h4-5H,6-7H2,1-3H3;1H/q+1;/p-1. The molecule has 3 heteroatoms. The Morgan fingerprint density at radius 1 is 1.20 bits per heavy atom. The Morgan fingerprint density at radius 3 is 2.00 bits per heavy atom. The third-order valence-electron chi connectivity index (χ3n) is 0.909. The highest BCUT2D eigenvalue weighted by atomic mass is 79.9. The zero-order chi connectivity index (χ0) is 7.33. The number of quaternary nitrogens is 1. The van der Waals surface area contributed by atoms with Crippen molar-refractivity contribution in [2.75, 3.05) is 33.0 Å². The van der Waals surface area contributed by atoms with E-state index in [1.54, 1.807) is 0 Å². The molecular formula is C7H15Br2N. The summed E-state index contributed by atoms with van der Waals surface area (Å²) in [5, 5.41) is 0.965. The molecule has 0 aromatic rings. The predicted octanol–water partition coefficient (Wildman–Crippen LogP) is -1.35. The SMILES string of the molecule is C[N+](C)(C)CC=CCBr.[Br-]. The number of hydrogen-bond acceptors (Lipinski definition) is 0. The van der Waals surface area contributed by atoms with Gasteiger partial charge in [-0.25, -0.2) is 0 Å². The van der Waals surface area contributed by atoms with Gasteiger partial charge in [0.05, 0.1) is 27.7 Å². The molecule has 0 saturated heterocycles. The van der Waals surface area contributed by atoms with Crippen molar-refractivity contribution in [1.82, 2.24) is 0 Å². The van der Waals surface area contributed by atoms with Crippen molar-refractivity contribution >= 4 is 15.9 Å². The molecule has 0 aliphatic carbocycles. The monoisotopic (exact) mass is 271 g/mol. The molecule has 0 spiro atoms. The fourth-order valence-electron chi connectivity index (χ4n) is 0.454. The first-order valence-electron chi connectivity index (χ1n) is 3.07. The highest BCUT2D eigenvalue weighted by Crippen LogP contribution is 1.90. The van der Waals surface area contributed by atoms with Gasteiger partial charge in [0, 0.05) is 5.33 Å². The van der Waals surface area contributed by atoms with Crippen molar-refractivity contribution in [3.05, 3.63) is 12.2 Å². The highest BCUT2D eigenvalue weighted by Gasteiger charge is 2.00. The van der Waals surface area contributed by atoms with Gasteiger partial charge >= 0.3 is 0 Å². The van der Waals surface area contributed by atoms with Crippen LogP contribution in [0.1, 0.15) is 0 Å². The molecule has 1 nitrogen and oxygen atoms in total. The van der Waals surface area contributed by atoms with Gasteiger partial charge in [0.15, 0.2) is 0 Å². The van der Waals surface area contributed by atoms with Gasteiger partial charge in [-0.3, -0.25) is 0 Å². The molecule has 0 unspecified atom stereocenters. The second-order valence-corrected chi connectivity index (χ2v) is 3.75. The van der Waals surface area contributed by atoms with Gasteiger partial charge in [-0.15, -0.1) is 0 Å². The molecule has 0 aliphatic heterocycles. The van der Waals surface area contributed by atoms with Crippen LogP contribution in [-0.2, 0) is 0 Å². The molecule has 0 bridgehead atoms. The number of rotatable bonds is 3. The molecule has 0 amide bonds. The van der Waals surface area contributed by atoms with Crippen molar-refractivity contribution in [3.8, 4) is 0 Å². The topological polar surface area (TPSA) is 0 Å². The number of halogens is 2. The lowest BCUT2D eigenvalue weighted by Gasteiger charge is -2.21. The van der Waals surface area contributed by atoms with Crippen LogP contribution in [0, 0.1) is 0 Å². The first-order chi connectivity index (χ1) is 4.06. The first-order valence-corrected chi connectivity index (χ1v) is 4.20.